The Morgan fingerprint density at radius 3 is 2.06 bits per heavy atom. The number of allylic oxidation sites excluding steroid dienone is 1. The molecule has 0 fully saturated rings. The molecule has 170 valence electrons. The van der Waals surface area contributed by atoms with E-state index in [2.05, 4.69) is 10.6 Å². The van der Waals surface area contributed by atoms with Crippen molar-refractivity contribution in [2.75, 3.05) is 37.7 Å². The molecule has 0 radical (unpaired) electrons. The fourth-order valence-electron chi connectivity index (χ4n) is 2.30. The van der Waals surface area contributed by atoms with Crippen LogP contribution in [0.4, 0.5) is 0 Å². The van der Waals surface area contributed by atoms with Gasteiger partial charge in [-0.15, -0.1) is 0 Å². The normalized spacial score (nSPS) is 13.0. The molecule has 10 nitrogen and oxygen atoms in total. The monoisotopic (exact) mass is 470 g/mol. The number of nitrogens with one attached hydrogen (secondary N) is 2. The molecule has 0 saturated heterocycles. The van der Waals surface area contributed by atoms with Crippen molar-refractivity contribution in [1.29, 1.82) is 0 Å². The lowest BCUT2D eigenvalue weighted by atomic mass is 10.3. The van der Waals surface area contributed by atoms with E-state index in [1.165, 1.54) is 45.9 Å². The highest BCUT2D eigenvalue weighted by Gasteiger charge is 2.23. The van der Waals surface area contributed by atoms with Gasteiger partial charge in [-0.05, 0) is 13.0 Å². The lowest BCUT2D eigenvalue weighted by Gasteiger charge is -2.13. The first kappa shape index (κ1) is 26.4. The van der Waals surface area contributed by atoms with E-state index in [0.717, 1.165) is 9.80 Å². The Kier molecular flexibility index (Phi) is 13.0. The molecule has 0 aliphatic carbocycles. The molecule has 6 amide bonds. The van der Waals surface area contributed by atoms with E-state index >= 15 is 0 Å². The number of hydrogen-bond acceptors (Lipinski definition) is 8. The van der Waals surface area contributed by atoms with Crippen LogP contribution in [0.2, 0.25) is 0 Å². The molecule has 12 heteroatoms. The second-order valence-electron chi connectivity index (χ2n) is 6.14. The van der Waals surface area contributed by atoms with E-state index in [-0.39, 0.29) is 37.7 Å². The molecule has 0 aromatic carbocycles. The zero-order valence-electron chi connectivity index (χ0n) is 17.2. The first-order valence-corrected chi connectivity index (χ1v) is 12.1. The highest BCUT2D eigenvalue weighted by molar-refractivity contribution is 8.76. The standard InChI is InChI=1S/C19H26N4O6S2/c1-2-3-17(27)22(14-24)10-6-15(25)20-8-12-30-31-13-9-21-16(26)7-11-23-18(28)4-5-19(23)29/h2-5,14H,6-13H2,1H3,(H,20,25)(H,21,26)/b3-2-. The minimum atomic E-state index is -0.459. The van der Waals surface area contributed by atoms with Crippen molar-refractivity contribution < 1.29 is 28.8 Å². The Balaban J connectivity index is 2.00. The summed E-state index contributed by atoms with van der Waals surface area (Å²) in [5, 5.41) is 5.43. The van der Waals surface area contributed by atoms with Crippen LogP contribution in [-0.2, 0) is 28.8 Å². The Hall–Kier alpha value is -2.60. The van der Waals surface area contributed by atoms with Gasteiger partial charge in [0.05, 0.1) is 0 Å². The van der Waals surface area contributed by atoms with Gasteiger partial charge in [0.1, 0.15) is 0 Å². The summed E-state index contributed by atoms with van der Waals surface area (Å²) in [5.74, 6) is -0.425. The second kappa shape index (κ2) is 15.2. The van der Waals surface area contributed by atoms with Gasteiger partial charge in [0.25, 0.3) is 17.7 Å². The number of hydrogen-bond donors (Lipinski definition) is 2. The molecule has 0 aromatic rings. The van der Waals surface area contributed by atoms with Crippen LogP contribution in [0, 0.1) is 0 Å². The number of amides is 6. The molecular formula is C19H26N4O6S2. The molecule has 0 spiro atoms. The van der Waals surface area contributed by atoms with Crippen LogP contribution in [0.5, 0.6) is 0 Å². The molecule has 1 aliphatic rings. The number of imide groups is 2. The summed E-state index contributed by atoms with van der Waals surface area (Å²) in [6.07, 6.45) is 5.65. The Bertz CT molecular complexity index is 723. The molecule has 2 N–H and O–H groups in total. The van der Waals surface area contributed by atoms with Crippen molar-refractivity contribution in [3.05, 3.63) is 24.3 Å². The first-order valence-electron chi connectivity index (χ1n) is 9.59. The average Bonchev–Trinajstić information content (AvgIpc) is 3.06. The fraction of sp³-hybridized carbons (Fsp3) is 0.474. The molecule has 1 heterocycles. The third-order valence-electron chi connectivity index (χ3n) is 3.86. The number of nitrogens with zero attached hydrogens (tertiary/aromatic N) is 2. The van der Waals surface area contributed by atoms with Gasteiger partial charge in [-0.1, -0.05) is 27.7 Å². The number of rotatable bonds is 15. The maximum absolute atomic E-state index is 11.8. The topological polar surface area (TPSA) is 133 Å². The van der Waals surface area contributed by atoms with Gasteiger partial charge in [-0.25, -0.2) is 0 Å². The Morgan fingerprint density at radius 2 is 1.55 bits per heavy atom. The van der Waals surface area contributed by atoms with Gasteiger partial charge < -0.3 is 10.6 Å². The van der Waals surface area contributed by atoms with Gasteiger partial charge in [0.15, 0.2) is 0 Å². The first-order chi connectivity index (χ1) is 14.9. The molecule has 31 heavy (non-hydrogen) atoms. The van der Waals surface area contributed by atoms with E-state index in [0.29, 0.717) is 31.0 Å². The molecule has 0 saturated carbocycles. The smallest absolute Gasteiger partial charge is 0.253 e. The Labute approximate surface area is 188 Å². The summed E-state index contributed by atoms with van der Waals surface area (Å²) >= 11 is 0. The molecule has 0 bridgehead atoms. The highest BCUT2D eigenvalue weighted by Crippen LogP contribution is 2.19. The molecule has 1 rings (SSSR count). The summed E-state index contributed by atoms with van der Waals surface area (Å²) in [5.41, 5.74) is 0. The molecule has 0 aromatic heterocycles. The number of carbonyl (C=O) groups excluding carboxylic acids is 6. The largest absolute Gasteiger partial charge is 0.355 e. The highest BCUT2D eigenvalue weighted by atomic mass is 33.1. The van der Waals surface area contributed by atoms with Crippen LogP contribution < -0.4 is 10.6 Å². The van der Waals surface area contributed by atoms with Gasteiger partial charge in [-0.3, -0.25) is 38.6 Å². The predicted octanol–water partition coefficient (Wildman–Crippen LogP) is -0.133. The van der Waals surface area contributed by atoms with Crippen LogP contribution in [0.1, 0.15) is 19.8 Å². The van der Waals surface area contributed by atoms with Gasteiger partial charge in [0.2, 0.25) is 18.2 Å². The summed E-state index contributed by atoms with van der Waals surface area (Å²) in [4.78, 5) is 70.6. The zero-order chi connectivity index (χ0) is 23.1. The molecule has 0 unspecified atom stereocenters. The lowest BCUT2D eigenvalue weighted by Crippen LogP contribution is -2.35. The maximum Gasteiger partial charge on any atom is 0.253 e. The predicted molar refractivity (Wildman–Crippen MR) is 119 cm³/mol. The van der Waals surface area contributed by atoms with E-state index in [1.54, 1.807) is 6.92 Å². The van der Waals surface area contributed by atoms with Crippen molar-refractivity contribution in [2.24, 2.45) is 0 Å². The maximum atomic E-state index is 11.8. The number of carbonyl (C=O) groups is 6. The third kappa shape index (κ3) is 10.8. The quantitative estimate of drug-likeness (QED) is 0.111. The van der Waals surface area contributed by atoms with E-state index in [1.807, 2.05) is 0 Å². The zero-order valence-corrected chi connectivity index (χ0v) is 18.8. The summed E-state index contributed by atoms with van der Waals surface area (Å²) < 4.78 is 0. The third-order valence-corrected chi connectivity index (χ3v) is 6.27. The lowest BCUT2D eigenvalue weighted by molar-refractivity contribution is -0.138. The van der Waals surface area contributed by atoms with E-state index in [9.17, 15) is 28.8 Å². The van der Waals surface area contributed by atoms with Crippen LogP contribution in [0.3, 0.4) is 0 Å². The van der Waals surface area contributed by atoms with Gasteiger partial charge in [0, 0.05) is 62.7 Å². The van der Waals surface area contributed by atoms with Crippen LogP contribution in [-0.4, -0.2) is 83.4 Å². The molecule has 0 atom stereocenters. The summed E-state index contributed by atoms with van der Waals surface area (Å²) in [7, 11) is 3.07. The van der Waals surface area contributed by atoms with Crippen molar-refractivity contribution >= 4 is 57.5 Å². The van der Waals surface area contributed by atoms with Crippen LogP contribution in [0.15, 0.2) is 24.3 Å². The van der Waals surface area contributed by atoms with E-state index in [4.69, 9.17) is 0 Å². The summed E-state index contributed by atoms with van der Waals surface area (Å²) in [6, 6.07) is 0. The minimum Gasteiger partial charge on any atom is -0.355 e. The fourth-order valence-corrected chi connectivity index (χ4v) is 4.11. The Morgan fingerprint density at radius 1 is 1.00 bits per heavy atom. The molecule has 1 aliphatic heterocycles. The average molecular weight is 471 g/mol. The van der Waals surface area contributed by atoms with Gasteiger partial charge >= 0.3 is 0 Å². The van der Waals surface area contributed by atoms with Crippen molar-refractivity contribution in [1.82, 2.24) is 20.4 Å². The van der Waals surface area contributed by atoms with Crippen LogP contribution in [0.25, 0.3) is 0 Å². The van der Waals surface area contributed by atoms with Crippen molar-refractivity contribution in [3.63, 3.8) is 0 Å². The molecular weight excluding hydrogens is 444 g/mol. The van der Waals surface area contributed by atoms with E-state index < -0.39 is 17.7 Å². The summed E-state index contributed by atoms with van der Waals surface area (Å²) in [6.45, 7) is 2.64. The van der Waals surface area contributed by atoms with Crippen LogP contribution >= 0.6 is 21.6 Å². The second-order valence-corrected chi connectivity index (χ2v) is 8.84. The minimum absolute atomic E-state index is 0.0245. The van der Waals surface area contributed by atoms with Crippen molar-refractivity contribution in [2.45, 2.75) is 19.8 Å². The SMILES string of the molecule is C/C=C\C(=O)N(C=O)CCC(=O)NCCSSCCNC(=O)CCN1C(=O)C=CC1=O. The van der Waals surface area contributed by atoms with Gasteiger partial charge in [-0.2, -0.15) is 0 Å². The van der Waals surface area contributed by atoms with Crippen molar-refractivity contribution in [3.8, 4) is 0 Å².